The molecule has 0 aromatic heterocycles. The molecule has 0 saturated heterocycles. The van der Waals surface area contributed by atoms with Crippen molar-refractivity contribution >= 4 is 5.71 Å². The number of hydroxylamine groups is 1. The Hall–Kier alpha value is -0.790. The molecule has 0 aliphatic carbocycles. The normalized spacial score (nSPS) is 13.3. The molecule has 0 spiro atoms. The van der Waals surface area contributed by atoms with Crippen LogP contribution < -0.4 is 0 Å². The molecule has 0 rings (SSSR count). The fourth-order valence-electron chi connectivity index (χ4n) is 0.497. The molecule has 0 aliphatic heterocycles. The van der Waals surface area contributed by atoms with Crippen molar-refractivity contribution in [3.63, 3.8) is 0 Å². The van der Waals surface area contributed by atoms with Crippen LogP contribution in [0.1, 0.15) is 20.8 Å². The molecular formula is C7H13NO. The van der Waals surface area contributed by atoms with Crippen molar-refractivity contribution in [2.24, 2.45) is 0 Å². The molecule has 2 heteroatoms. The quantitative estimate of drug-likeness (QED) is 0.239. The third-order valence-corrected chi connectivity index (χ3v) is 1.11. The van der Waals surface area contributed by atoms with Gasteiger partial charge in [-0.15, -0.1) is 0 Å². The van der Waals surface area contributed by atoms with Gasteiger partial charge >= 0.3 is 0 Å². The van der Waals surface area contributed by atoms with E-state index < -0.39 is 0 Å². The third-order valence-electron chi connectivity index (χ3n) is 1.11. The van der Waals surface area contributed by atoms with E-state index in [9.17, 15) is 5.21 Å². The zero-order valence-electron chi connectivity index (χ0n) is 6.22. The molecule has 0 atom stereocenters. The Morgan fingerprint density at radius 2 is 2.11 bits per heavy atom. The zero-order chi connectivity index (χ0) is 7.44. The summed E-state index contributed by atoms with van der Waals surface area (Å²) in [5.74, 6) is 0. The predicted octanol–water partition coefficient (Wildman–Crippen LogP) is 1.55. The van der Waals surface area contributed by atoms with Crippen LogP contribution >= 0.6 is 0 Å². The van der Waals surface area contributed by atoms with Crippen LogP contribution in [0.3, 0.4) is 0 Å². The standard InChI is InChI=1S/C7H13NO/c1-5-7(4)8(9)6(2)3/h5-6H,1H2,2-4H3/b8-7+. The second-order valence-electron chi connectivity index (χ2n) is 2.27. The van der Waals surface area contributed by atoms with E-state index in [-0.39, 0.29) is 6.04 Å². The van der Waals surface area contributed by atoms with Crippen molar-refractivity contribution in [3.8, 4) is 0 Å². The summed E-state index contributed by atoms with van der Waals surface area (Å²) >= 11 is 0. The lowest BCUT2D eigenvalue weighted by molar-refractivity contribution is -0.491. The maximum absolute atomic E-state index is 10.9. The number of hydrogen-bond donors (Lipinski definition) is 0. The first kappa shape index (κ1) is 8.21. The van der Waals surface area contributed by atoms with Crippen LogP contribution in [0, 0.1) is 5.21 Å². The van der Waals surface area contributed by atoms with Gasteiger partial charge in [0, 0.05) is 6.92 Å². The highest BCUT2D eigenvalue weighted by molar-refractivity contribution is 5.87. The smallest absolute Gasteiger partial charge is 0.183 e. The maximum Gasteiger partial charge on any atom is 0.183 e. The molecule has 2 nitrogen and oxygen atoms in total. The lowest BCUT2D eigenvalue weighted by Crippen LogP contribution is -2.18. The molecule has 0 aromatic rings. The van der Waals surface area contributed by atoms with Crippen LogP contribution in [-0.4, -0.2) is 16.5 Å². The first-order chi connectivity index (χ1) is 4.09. The van der Waals surface area contributed by atoms with Crippen LogP contribution in [-0.2, 0) is 0 Å². The third kappa shape index (κ3) is 2.31. The summed E-state index contributed by atoms with van der Waals surface area (Å²) in [4.78, 5) is 0. The van der Waals surface area contributed by atoms with Gasteiger partial charge in [0.1, 0.15) is 0 Å². The Balaban J connectivity index is 4.27. The van der Waals surface area contributed by atoms with Gasteiger partial charge in [0.05, 0.1) is 0 Å². The van der Waals surface area contributed by atoms with Crippen molar-refractivity contribution in [2.45, 2.75) is 26.8 Å². The van der Waals surface area contributed by atoms with E-state index in [1.807, 2.05) is 13.8 Å². The lowest BCUT2D eigenvalue weighted by Gasteiger charge is -2.08. The first-order valence-electron chi connectivity index (χ1n) is 3.02. The van der Waals surface area contributed by atoms with Crippen molar-refractivity contribution in [1.82, 2.24) is 0 Å². The highest BCUT2D eigenvalue weighted by atomic mass is 16.5. The highest BCUT2D eigenvalue weighted by Gasteiger charge is 2.01. The molecule has 0 unspecified atom stereocenters. The molecule has 0 aliphatic rings. The van der Waals surface area contributed by atoms with Gasteiger partial charge < -0.3 is 5.21 Å². The Morgan fingerprint density at radius 3 is 2.22 bits per heavy atom. The van der Waals surface area contributed by atoms with Crippen molar-refractivity contribution in [2.75, 3.05) is 0 Å². The van der Waals surface area contributed by atoms with Gasteiger partial charge in [0.2, 0.25) is 0 Å². The minimum Gasteiger partial charge on any atom is -0.623 e. The van der Waals surface area contributed by atoms with E-state index in [0.717, 1.165) is 4.74 Å². The highest BCUT2D eigenvalue weighted by Crippen LogP contribution is 1.88. The minimum atomic E-state index is 0.0167. The molecule has 0 radical (unpaired) electrons. The summed E-state index contributed by atoms with van der Waals surface area (Å²) < 4.78 is 0.938. The molecule has 52 valence electrons. The molecule has 0 amide bonds. The molecule has 0 fully saturated rings. The van der Waals surface area contributed by atoms with Crippen LogP contribution in [0.15, 0.2) is 12.7 Å². The molecule has 0 N–H and O–H groups in total. The Morgan fingerprint density at radius 1 is 1.67 bits per heavy atom. The topological polar surface area (TPSA) is 26.1 Å². The molecule has 9 heavy (non-hydrogen) atoms. The summed E-state index contributed by atoms with van der Waals surface area (Å²) in [6, 6.07) is 0.0167. The minimum absolute atomic E-state index is 0.0167. The van der Waals surface area contributed by atoms with Gasteiger partial charge in [-0.1, -0.05) is 6.58 Å². The summed E-state index contributed by atoms with van der Waals surface area (Å²) in [7, 11) is 0. The lowest BCUT2D eigenvalue weighted by atomic mass is 10.3. The Labute approximate surface area is 56.1 Å². The summed E-state index contributed by atoms with van der Waals surface area (Å²) in [5.41, 5.74) is 0.671. The second kappa shape index (κ2) is 3.28. The predicted molar refractivity (Wildman–Crippen MR) is 39.6 cm³/mol. The van der Waals surface area contributed by atoms with E-state index in [4.69, 9.17) is 0 Å². The maximum atomic E-state index is 10.9. The zero-order valence-corrected chi connectivity index (χ0v) is 6.22. The fourth-order valence-corrected chi connectivity index (χ4v) is 0.497. The summed E-state index contributed by atoms with van der Waals surface area (Å²) in [5, 5.41) is 10.9. The molecule has 0 aromatic carbocycles. The second-order valence-corrected chi connectivity index (χ2v) is 2.27. The largest absolute Gasteiger partial charge is 0.623 e. The Kier molecular flexibility index (Phi) is 2.99. The van der Waals surface area contributed by atoms with Crippen LogP contribution in [0.25, 0.3) is 0 Å². The van der Waals surface area contributed by atoms with E-state index in [1.165, 1.54) is 0 Å². The molecule has 0 bridgehead atoms. The van der Waals surface area contributed by atoms with E-state index in [0.29, 0.717) is 5.71 Å². The van der Waals surface area contributed by atoms with Gasteiger partial charge in [-0.25, -0.2) is 4.74 Å². The van der Waals surface area contributed by atoms with Gasteiger partial charge in [-0.3, -0.25) is 0 Å². The van der Waals surface area contributed by atoms with Crippen molar-refractivity contribution in [3.05, 3.63) is 17.9 Å². The summed E-state index contributed by atoms with van der Waals surface area (Å²) in [6.45, 7) is 8.93. The van der Waals surface area contributed by atoms with Crippen molar-refractivity contribution in [1.29, 1.82) is 0 Å². The number of allylic oxidation sites excluding steroid dienone is 1. The SMILES string of the molecule is C=C/C(C)=[N+](/[O-])C(C)C. The average molecular weight is 127 g/mol. The van der Waals surface area contributed by atoms with Crippen LogP contribution in [0.4, 0.5) is 0 Å². The molecule has 0 saturated carbocycles. The van der Waals surface area contributed by atoms with Crippen molar-refractivity contribution < 1.29 is 4.74 Å². The monoisotopic (exact) mass is 127 g/mol. The first-order valence-corrected chi connectivity index (χ1v) is 3.02. The van der Waals surface area contributed by atoms with Gasteiger partial charge in [-0.2, -0.15) is 0 Å². The number of hydrogen-bond acceptors (Lipinski definition) is 1. The van der Waals surface area contributed by atoms with E-state index >= 15 is 0 Å². The van der Waals surface area contributed by atoms with E-state index in [2.05, 4.69) is 6.58 Å². The molecule has 0 heterocycles. The van der Waals surface area contributed by atoms with Gasteiger partial charge in [0.25, 0.3) is 0 Å². The fraction of sp³-hybridized carbons (Fsp3) is 0.571. The summed E-state index contributed by atoms with van der Waals surface area (Å²) in [6.07, 6.45) is 1.56. The number of rotatable bonds is 2. The van der Waals surface area contributed by atoms with E-state index in [1.54, 1.807) is 13.0 Å². The van der Waals surface area contributed by atoms with Crippen LogP contribution in [0.5, 0.6) is 0 Å². The van der Waals surface area contributed by atoms with Gasteiger partial charge in [0.15, 0.2) is 11.8 Å². The Bertz CT molecular complexity index is 136. The van der Waals surface area contributed by atoms with Gasteiger partial charge in [-0.05, 0) is 19.9 Å². The number of nitrogens with zero attached hydrogens (tertiary/aromatic N) is 1. The average Bonchev–Trinajstić information content (AvgIpc) is 1.84. The molecular weight excluding hydrogens is 114 g/mol. The van der Waals surface area contributed by atoms with Crippen LogP contribution in [0.2, 0.25) is 0 Å².